The smallest absolute Gasteiger partial charge is 0.280 e. The van der Waals surface area contributed by atoms with Crippen LogP contribution in [0, 0.1) is 5.92 Å². The molecule has 1 amide bonds. The van der Waals surface area contributed by atoms with E-state index in [-0.39, 0.29) is 47.4 Å². The number of ether oxygens (including phenoxy) is 3. The van der Waals surface area contributed by atoms with E-state index in [0.717, 1.165) is 41.0 Å². The third kappa shape index (κ3) is 8.54. The minimum absolute atomic E-state index is 0.0925. The van der Waals surface area contributed by atoms with Crippen LogP contribution >= 0.6 is 0 Å². The van der Waals surface area contributed by atoms with Crippen LogP contribution in [0.15, 0.2) is 84.0 Å². The zero-order valence-corrected chi connectivity index (χ0v) is 29.4. The fourth-order valence-electron chi connectivity index (χ4n) is 5.96. The number of carbonyl (C=O) groups is 2. The first-order valence-electron chi connectivity index (χ1n) is 16.7. The number of fused-ring (bicyclic) bond motifs is 1. The molecule has 0 spiro atoms. The fraction of sp³-hybridized carbons (Fsp3) is 0.333. The van der Waals surface area contributed by atoms with Gasteiger partial charge in [0.15, 0.2) is 6.29 Å². The lowest BCUT2D eigenvalue weighted by atomic mass is 9.84. The second kappa shape index (κ2) is 14.5. The van der Waals surface area contributed by atoms with Crippen molar-refractivity contribution < 1.29 is 34.0 Å². The Labute approximate surface area is 296 Å². The third-order valence-electron chi connectivity index (χ3n) is 8.86. The first-order chi connectivity index (χ1) is 24.3. The number of carbonyl (C=O) groups excluding carboxylic acids is 2. The number of amides is 1. The molecular formula is C39H43N5O7. The van der Waals surface area contributed by atoms with E-state index in [4.69, 9.17) is 14.2 Å². The van der Waals surface area contributed by atoms with Gasteiger partial charge in [0.2, 0.25) is 11.5 Å². The van der Waals surface area contributed by atoms with E-state index < -0.39 is 17.1 Å². The molecule has 3 N–H and O–H groups in total. The standard InChI is InChI=1S/C39H43N5O7/c1-38(2,47)24-44-32-17-26(19-43-20-28(21-43)39(3,4)48)11-14-31(32)41-37(44)42-36(46)27-15-16-40-35(18-27)51-34-8-6-7-33(30(34)22-45)50-23-25-9-12-29(49-5)13-10-25/h6-18,22,28,47-48H,19-21,23-24H2,1-5H3,(H,41,42,46). The maximum atomic E-state index is 13.6. The van der Waals surface area contributed by atoms with Gasteiger partial charge in [0.1, 0.15) is 23.9 Å². The van der Waals surface area contributed by atoms with Gasteiger partial charge in [-0.3, -0.25) is 14.5 Å². The number of methoxy groups -OCH3 is 1. The Morgan fingerprint density at radius 3 is 2.41 bits per heavy atom. The number of nitrogens with zero attached hydrogens (tertiary/aromatic N) is 4. The van der Waals surface area contributed by atoms with E-state index in [1.165, 1.54) is 18.3 Å². The van der Waals surface area contributed by atoms with Crippen molar-refractivity contribution in [3.63, 3.8) is 0 Å². The number of aromatic amines is 1. The fourth-order valence-corrected chi connectivity index (χ4v) is 5.96. The molecule has 1 aliphatic heterocycles. The van der Waals surface area contributed by atoms with Crippen LogP contribution in [0.25, 0.3) is 11.0 Å². The number of likely N-dealkylation sites (tertiary alicyclic amines) is 1. The Hall–Kier alpha value is -5.30. The number of hydrogen-bond donors (Lipinski definition) is 3. The van der Waals surface area contributed by atoms with Crippen LogP contribution in [0.5, 0.6) is 23.1 Å². The van der Waals surface area contributed by atoms with Crippen molar-refractivity contribution >= 4 is 23.2 Å². The van der Waals surface area contributed by atoms with E-state index in [2.05, 4.69) is 19.9 Å². The number of aromatic nitrogens is 3. The maximum Gasteiger partial charge on any atom is 0.280 e. The number of aliphatic hydroxyl groups is 2. The molecule has 0 bridgehead atoms. The highest BCUT2D eigenvalue weighted by Crippen LogP contribution is 2.32. The lowest BCUT2D eigenvalue weighted by Crippen LogP contribution is -2.55. The second-order valence-corrected chi connectivity index (χ2v) is 14.1. The average Bonchev–Trinajstić information content (AvgIpc) is 3.39. The lowest BCUT2D eigenvalue weighted by molar-refractivity contribution is -0.0647. The summed E-state index contributed by atoms with van der Waals surface area (Å²) in [7, 11) is 1.60. The topological polar surface area (TPSA) is 152 Å². The van der Waals surface area contributed by atoms with Crippen LogP contribution in [-0.2, 0) is 19.7 Å². The molecular weight excluding hydrogens is 650 g/mol. The van der Waals surface area contributed by atoms with Crippen molar-refractivity contribution in [3.05, 3.63) is 107 Å². The molecule has 3 heterocycles. The Kier molecular flexibility index (Phi) is 10.1. The zero-order chi connectivity index (χ0) is 36.3. The van der Waals surface area contributed by atoms with Gasteiger partial charge in [-0.05, 0) is 81.3 Å². The van der Waals surface area contributed by atoms with E-state index >= 15 is 0 Å². The van der Waals surface area contributed by atoms with Crippen LogP contribution in [0.1, 0.15) is 59.5 Å². The Morgan fingerprint density at radius 2 is 1.73 bits per heavy atom. The third-order valence-corrected chi connectivity index (χ3v) is 8.86. The van der Waals surface area contributed by atoms with Crippen LogP contribution in [-0.4, -0.2) is 73.2 Å². The van der Waals surface area contributed by atoms with Gasteiger partial charge in [-0.15, -0.1) is 0 Å². The summed E-state index contributed by atoms with van der Waals surface area (Å²) >= 11 is 0. The van der Waals surface area contributed by atoms with E-state index in [1.54, 1.807) is 43.7 Å². The van der Waals surface area contributed by atoms with E-state index in [0.29, 0.717) is 18.6 Å². The van der Waals surface area contributed by atoms with E-state index in [1.807, 2.05) is 56.3 Å². The number of benzene rings is 3. The highest BCUT2D eigenvalue weighted by Gasteiger charge is 2.37. The number of H-pyrrole nitrogens is 1. The summed E-state index contributed by atoms with van der Waals surface area (Å²) in [6, 6.07) is 21.4. The van der Waals surface area contributed by atoms with Gasteiger partial charge in [0.25, 0.3) is 5.91 Å². The predicted octanol–water partition coefficient (Wildman–Crippen LogP) is 5.27. The minimum Gasteiger partial charge on any atom is -0.497 e. The molecule has 0 saturated carbocycles. The molecule has 1 saturated heterocycles. The molecule has 51 heavy (non-hydrogen) atoms. The van der Waals surface area contributed by atoms with Crippen LogP contribution in [0.2, 0.25) is 0 Å². The van der Waals surface area contributed by atoms with Crippen molar-refractivity contribution in [2.75, 3.05) is 20.2 Å². The van der Waals surface area contributed by atoms with Crippen molar-refractivity contribution in [2.45, 2.75) is 58.6 Å². The summed E-state index contributed by atoms with van der Waals surface area (Å²) in [6.07, 6.45) is 2.09. The van der Waals surface area contributed by atoms with Crippen LogP contribution in [0.4, 0.5) is 0 Å². The summed E-state index contributed by atoms with van der Waals surface area (Å²) in [6.45, 7) is 9.83. The normalized spacial score (nSPS) is 14.4. The number of hydrogen-bond acceptors (Lipinski definition) is 9. The summed E-state index contributed by atoms with van der Waals surface area (Å²) < 4.78 is 18.9. The highest BCUT2D eigenvalue weighted by molar-refractivity contribution is 5.95. The van der Waals surface area contributed by atoms with Gasteiger partial charge in [-0.2, -0.15) is 4.99 Å². The largest absolute Gasteiger partial charge is 0.497 e. The van der Waals surface area contributed by atoms with Gasteiger partial charge in [0.05, 0.1) is 41.5 Å². The van der Waals surface area contributed by atoms with Crippen molar-refractivity contribution in [2.24, 2.45) is 10.9 Å². The average molecular weight is 694 g/mol. The molecule has 266 valence electrons. The molecule has 0 radical (unpaired) electrons. The van der Waals surface area contributed by atoms with Gasteiger partial charge in [0, 0.05) is 43.4 Å². The molecule has 3 aromatic carbocycles. The maximum absolute atomic E-state index is 13.6. The van der Waals surface area contributed by atoms with Gasteiger partial charge < -0.3 is 34.0 Å². The Morgan fingerprint density at radius 1 is 1.00 bits per heavy atom. The summed E-state index contributed by atoms with van der Waals surface area (Å²) in [4.78, 5) is 39.9. The monoisotopic (exact) mass is 693 g/mol. The molecule has 1 aliphatic rings. The van der Waals surface area contributed by atoms with E-state index in [9.17, 15) is 19.8 Å². The SMILES string of the molecule is COc1ccc(COc2cccc(Oc3cc(C(=O)/N=c4\[nH]c5ccc(CN6CC(C(C)(C)O)C6)cc5n4CC(C)(C)O)ccn3)c2C=O)cc1. The number of imidazole rings is 1. The molecule has 12 nitrogen and oxygen atoms in total. The first-order valence-corrected chi connectivity index (χ1v) is 16.7. The number of aldehydes is 1. The molecule has 1 fully saturated rings. The van der Waals surface area contributed by atoms with Crippen molar-refractivity contribution in [3.8, 4) is 23.1 Å². The Bertz CT molecular complexity index is 2100. The van der Waals surface area contributed by atoms with Crippen LogP contribution < -0.4 is 19.8 Å². The quantitative estimate of drug-likeness (QED) is 0.140. The number of pyridine rings is 1. The van der Waals surface area contributed by atoms with Gasteiger partial charge in [-0.25, -0.2) is 4.98 Å². The molecule has 6 rings (SSSR count). The molecule has 0 aliphatic carbocycles. The van der Waals surface area contributed by atoms with Crippen LogP contribution in [0.3, 0.4) is 0 Å². The minimum atomic E-state index is -1.10. The molecule has 0 atom stereocenters. The Balaban J connectivity index is 1.22. The van der Waals surface area contributed by atoms with Crippen molar-refractivity contribution in [1.29, 1.82) is 0 Å². The first kappa shape index (κ1) is 35.5. The van der Waals surface area contributed by atoms with Gasteiger partial charge in [-0.1, -0.05) is 24.3 Å². The number of nitrogens with one attached hydrogen (secondary N) is 1. The lowest BCUT2D eigenvalue weighted by Gasteiger charge is -2.45. The highest BCUT2D eigenvalue weighted by atomic mass is 16.5. The van der Waals surface area contributed by atoms with Crippen molar-refractivity contribution in [1.82, 2.24) is 19.4 Å². The molecule has 5 aromatic rings. The zero-order valence-electron chi connectivity index (χ0n) is 29.4. The number of rotatable bonds is 13. The summed E-state index contributed by atoms with van der Waals surface area (Å²) in [5, 5.41) is 21.1. The molecule has 2 aromatic heterocycles. The summed E-state index contributed by atoms with van der Waals surface area (Å²) in [5.74, 6) is 1.05. The van der Waals surface area contributed by atoms with Gasteiger partial charge >= 0.3 is 0 Å². The second-order valence-electron chi connectivity index (χ2n) is 14.1. The predicted molar refractivity (Wildman–Crippen MR) is 191 cm³/mol. The molecule has 12 heteroatoms. The molecule has 0 unspecified atom stereocenters. The summed E-state index contributed by atoms with van der Waals surface area (Å²) in [5.41, 5.74) is 2.42.